The molecule has 0 spiro atoms. The Morgan fingerprint density at radius 2 is 1.68 bits per heavy atom. The van der Waals surface area contributed by atoms with E-state index in [1.54, 1.807) is 11.8 Å². The molecule has 1 rings (SSSR count). The minimum absolute atomic E-state index is 0.0213. The van der Waals surface area contributed by atoms with Crippen molar-refractivity contribution < 1.29 is 24.3 Å². The van der Waals surface area contributed by atoms with Crippen molar-refractivity contribution in [2.75, 3.05) is 18.6 Å². The molecule has 1 aromatic heterocycles. The van der Waals surface area contributed by atoms with Crippen LogP contribution in [0.15, 0.2) is 17.5 Å². The van der Waals surface area contributed by atoms with E-state index >= 15 is 0 Å². The van der Waals surface area contributed by atoms with Crippen LogP contribution in [0.25, 0.3) is 0 Å². The molecule has 0 bridgehead atoms. The molecule has 214 valence electrons. The third-order valence-electron chi connectivity index (χ3n) is 5.48. The molecule has 14 nitrogen and oxygen atoms in total. The highest BCUT2D eigenvalue weighted by Gasteiger charge is 2.31. The first-order valence-corrected chi connectivity index (χ1v) is 13.7. The number of aromatic nitrogens is 2. The summed E-state index contributed by atoms with van der Waals surface area (Å²) < 4.78 is 0. The van der Waals surface area contributed by atoms with Gasteiger partial charge in [0.2, 0.25) is 17.7 Å². The van der Waals surface area contributed by atoms with Crippen LogP contribution in [0.1, 0.15) is 45.2 Å². The van der Waals surface area contributed by atoms with E-state index < -0.39 is 47.9 Å². The molecule has 0 aliphatic heterocycles. The van der Waals surface area contributed by atoms with Crippen molar-refractivity contribution in [3.05, 3.63) is 18.2 Å². The van der Waals surface area contributed by atoms with E-state index in [0.29, 0.717) is 30.7 Å². The Labute approximate surface area is 226 Å². The van der Waals surface area contributed by atoms with Gasteiger partial charge in [0.1, 0.15) is 18.1 Å². The van der Waals surface area contributed by atoms with Crippen molar-refractivity contribution in [1.82, 2.24) is 25.9 Å². The molecular formula is C23H41N9O5S. The predicted octanol–water partition coefficient (Wildman–Crippen LogP) is -1.33. The smallest absolute Gasteiger partial charge is 0.326 e. The number of carboxylic acids is 1. The number of carbonyl (C=O) groups excluding carboxylic acids is 3. The zero-order valence-electron chi connectivity index (χ0n) is 22.1. The van der Waals surface area contributed by atoms with Gasteiger partial charge in [-0.2, -0.15) is 11.8 Å². The van der Waals surface area contributed by atoms with Crippen LogP contribution in [0, 0.1) is 5.92 Å². The molecule has 0 aliphatic carbocycles. The lowest BCUT2D eigenvalue weighted by Gasteiger charge is -2.26. The Morgan fingerprint density at radius 1 is 1.05 bits per heavy atom. The summed E-state index contributed by atoms with van der Waals surface area (Å²) in [5.41, 5.74) is 17.1. The van der Waals surface area contributed by atoms with Crippen LogP contribution < -0.4 is 33.2 Å². The van der Waals surface area contributed by atoms with Crippen LogP contribution in [0.2, 0.25) is 0 Å². The summed E-state index contributed by atoms with van der Waals surface area (Å²) in [6, 6.07) is -4.07. The molecule has 0 saturated heterocycles. The molecule has 0 aliphatic rings. The van der Waals surface area contributed by atoms with Crippen LogP contribution in [0.3, 0.4) is 0 Å². The van der Waals surface area contributed by atoms with Crippen molar-refractivity contribution in [2.45, 2.75) is 70.1 Å². The normalized spacial score (nSPS) is 14.1. The Kier molecular flexibility index (Phi) is 14.8. The van der Waals surface area contributed by atoms with Gasteiger partial charge in [-0.25, -0.2) is 9.78 Å². The van der Waals surface area contributed by atoms with Gasteiger partial charge in [-0.3, -0.25) is 19.4 Å². The fourth-order valence-corrected chi connectivity index (χ4v) is 3.98. The zero-order chi connectivity index (χ0) is 28.7. The Bertz CT molecular complexity index is 922. The third kappa shape index (κ3) is 12.8. The molecule has 1 heterocycles. The number of nitrogens with one attached hydrogen (secondary N) is 4. The lowest BCUT2D eigenvalue weighted by Crippen LogP contribution is -2.58. The van der Waals surface area contributed by atoms with Gasteiger partial charge in [0.15, 0.2) is 5.96 Å². The van der Waals surface area contributed by atoms with E-state index in [1.807, 2.05) is 20.1 Å². The molecule has 15 heteroatoms. The van der Waals surface area contributed by atoms with Crippen molar-refractivity contribution in [1.29, 1.82) is 0 Å². The Morgan fingerprint density at radius 3 is 2.24 bits per heavy atom. The van der Waals surface area contributed by atoms with Gasteiger partial charge in [0, 0.05) is 24.9 Å². The van der Waals surface area contributed by atoms with Crippen molar-refractivity contribution in [2.24, 2.45) is 28.1 Å². The highest BCUT2D eigenvalue weighted by atomic mass is 32.2. The Balaban J connectivity index is 3.01. The lowest BCUT2D eigenvalue weighted by molar-refractivity contribution is -0.142. The standard InChI is InChI=1S/C23H41N9O5S/c1-13(2)9-17(31-19(33)15(24)6-8-38-3)20(34)32-18(10-14-11-27-12-29-14)21(35)30-16(22(36)37)5-4-7-28-23(25)26/h11-13,15-18H,4-10,24H2,1-3H3,(H,27,29)(H,30,35)(H,31,33)(H,32,34)(H,36,37)(H4,25,26,28). The van der Waals surface area contributed by atoms with E-state index in [9.17, 15) is 24.3 Å². The van der Waals surface area contributed by atoms with Crippen LogP contribution >= 0.6 is 11.8 Å². The second kappa shape index (κ2) is 17.2. The molecule has 0 saturated carbocycles. The van der Waals surface area contributed by atoms with Gasteiger partial charge < -0.3 is 43.2 Å². The molecule has 38 heavy (non-hydrogen) atoms. The van der Waals surface area contributed by atoms with Crippen LogP contribution in [0.5, 0.6) is 0 Å². The minimum atomic E-state index is -1.24. The second-order valence-corrected chi connectivity index (χ2v) is 10.3. The fourth-order valence-electron chi connectivity index (χ4n) is 3.49. The number of aromatic amines is 1. The van der Waals surface area contributed by atoms with Crippen molar-refractivity contribution in [3.63, 3.8) is 0 Å². The second-order valence-electron chi connectivity index (χ2n) is 9.27. The van der Waals surface area contributed by atoms with E-state index in [2.05, 4.69) is 30.9 Å². The number of aliphatic carboxylic acids is 1. The average molecular weight is 556 g/mol. The maximum Gasteiger partial charge on any atom is 0.326 e. The number of rotatable bonds is 18. The summed E-state index contributed by atoms with van der Waals surface area (Å²) in [4.78, 5) is 61.4. The van der Waals surface area contributed by atoms with Gasteiger partial charge >= 0.3 is 5.97 Å². The number of nitrogens with two attached hydrogens (primary N) is 3. The van der Waals surface area contributed by atoms with Crippen LogP contribution in [-0.2, 0) is 25.6 Å². The van der Waals surface area contributed by atoms with Crippen molar-refractivity contribution >= 4 is 41.4 Å². The number of carboxylic acid groups (broad SMARTS) is 1. The lowest BCUT2D eigenvalue weighted by atomic mass is 10.0. The van der Waals surface area contributed by atoms with E-state index in [0.717, 1.165) is 0 Å². The maximum atomic E-state index is 13.3. The van der Waals surface area contributed by atoms with Crippen LogP contribution in [0.4, 0.5) is 0 Å². The molecule has 0 aromatic carbocycles. The number of amides is 3. The topological polar surface area (TPSA) is 244 Å². The fraction of sp³-hybridized carbons (Fsp3) is 0.652. The molecule has 4 atom stereocenters. The number of imidazole rings is 1. The summed E-state index contributed by atoms with van der Waals surface area (Å²) in [6.45, 7) is 4.00. The number of nitrogens with zero attached hydrogens (tertiary/aromatic N) is 2. The predicted molar refractivity (Wildman–Crippen MR) is 146 cm³/mol. The summed E-state index contributed by atoms with van der Waals surface area (Å²) in [6.07, 6.45) is 5.99. The molecule has 0 fully saturated rings. The number of guanidine groups is 1. The molecule has 11 N–H and O–H groups in total. The average Bonchev–Trinajstić information content (AvgIpc) is 3.35. The molecule has 4 unspecified atom stereocenters. The largest absolute Gasteiger partial charge is 0.480 e. The quantitative estimate of drug-likeness (QED) is 0.0602. The summed E-state index contributed by atoms with van der Waals surface area (Å²) in [5.74, 6) is -2.35. The van der Waals surface area contributed by atoms with Crippen molar-refractivity contribution in [3.8, 4) is 0 Å². The maximum absolute atomic E-state index is 13.3. The monoisotopic (exact) mass is 555 g/mol. The van der Waals surface area contributed by atoms with E-state index in [-0.39, 0.29) is 31.3 Å². The first-order valence-electron chi connectivity index (χ1n) is 12.4. The number of thioether (sulfide) groups is 1. The number of aliphatic imine (C=N–C) groups is 1. The number of hydrogen-bond donors (Lipinski definition) is 8. The van der Waals surface area contributed by atoms with Crippen LogP contribution in [-0.4, -0.2) is 87.4 Å². The minimum Gasteiger partial charge on any atom is -0.480 e. The van der Waals surface area contributed by atoms with Gasteiger partial charge in [0.25, 0.3) is 0 Å². The van der Waals surface area contributed by atoms with Gasteiger partial charge in [-0.1, -0.05) is 13.8 Å². The molecule has 1 aromatic rings. The number of hydrogen-bond acceptors (Lipinski definition) is 8. The van der Waals surface area contributed by atoms with E-state index in [1.165, 1.54) is 12.5 Å². The van der Waals surface area contributed by atoms with Gasteiger partial charge in [-0.05, 0) is 43.6 Å². The SMILES string of the molecule is CSCCC(N)C(=O)NC(CC(C)C)C(=O)NC(Cc1cnc[nH]1)C(=O)NC(CCCN=C(N)N)C(=O)O. The summed E-state index contributed by atoms with van der Waals surface area (Å²) in [5, 5.41) is 17.4. The summed E-state index contributed by atoms with van der Waals surface area (Å²) in [7, 11) is 0. The third-order valence-corrected chi connectivity index (χ3v) is 6.13. The number of carbonyl (C=O) groups is 4. The van der Waals surface area contributed by atoms with Gasteiger partial charge in [0.05, 0.1) is 12.4 Å². The van der Waals surface area contributed by atoms with E-state index in [4.69, 9.17) is 17.2 Å². The number of H-pyrrole nitrogens is 1. The molecular weight excluding hydrogens is 514 g/mol. The zero-order valence-corrected chi connectivity index (χ0v) is 22.9. The first kappa shape index (κ1) is 32.7. The highest BCUT2D eigenvalue weighted by Crippen LogP contribution is 2.09. The Hall–Kier alpha value is -3.33. The molecule has 0 radical (unpaired) electrons. The van der Waals surface area contributed by atoms with Gasteiger partial charge in [-0.15, -0.1) is 0 Å². The highest BCUT2D eigenvalue weighted by molar-refractivity contribution is 7.98. The molecule has 3 amide bonds. The summed E-state index contributed by atoms with van der Waals surface area (Å²) >= 11 is 1.56. The first-order chi connectivity index (χ1) is 17.9.